The second-order valence-corrected chi connectivity index (χ2v) is 1.28. The molecule has 0 bridgehead atoms. The smallest absolute Gasteiger partial charge is 0.0650 e. The molecular weight excluding hydrogens is 92.1 g/mol. The number of rotatable bonds is 1. The van der Waals surface area contributed by atoms with E-state index >= 15 is 0 Å². The van der Waals surface area contributed by atoms with Crippen molar-refractivity contribution >= 4 is 0 Å². The Labute approximate surface area is 42.5 Å². The summed E-state index contributed by atoms with van der Waals surface area (Å²) >= 11 is 0. The average Bonchev–Trinajstić information content (AvgIpc) is 2.14. The largest absolute Gasteiger partial charge is 0.304 e. The topological polar surface area (TPSA) is 24.5 Å². The van der Waals surface area contributed by atoms with E-state index in [0.717, 1.165) is 6.54 Å². The number of hydrazine groups is 1. The van der Waals surface area contributed by atoms with Gasteiger partial charge in [0.25, 0.3) is 0 Å². The first-order chi connectivity index (χ1) is 3.43. The number of hydrogen-bond acceptors (Lipinski definition) is 3. The fourth-order valence-electron chi connectivity index (χ4n) is 0.464. The highest BCUT2D eigenvalue weighted by Gasteiger charge is 1.99. The lowest BCUT2D eigenvalue weighted by Gasteiger charge is -2.09. The van der Waals surface area contributed by atoms with E-state index in [2.05, 4.69) is 5.43 Å². The van der Waals surface area contributed by atoms with Crippen LogP contribution in [0.15, 0.2) is 12.3 Å². The minimum absolute atomic E-state index is 0.830. The molecule has 0 aliphatic carbocycles. The van der Waals surface area contributed by atoms with Gasteiger partial charge in [-0.2, -0.15) is 0 Å². The SMILES string of the molecule is CON1CC=CN1. The first-order valence-corrected chi connectivity index (χ1v) is 2.16. The van der Waals surface area contributed by atoms with Gasteiger partial charge in [0.15, 0.2) is 0 Å². The lowest BCUT2D eigenvalue weighted by Crippen LogP contribution is -2.28. The van der Waals surface area contributed by atoms with Gasteiger partial charge < -0.3 is 5.43 Å². The summed E-state index contributed by atoms with van der Waals surface area (Å²) in [6.07, 6.45) is 3.81. The second-order valence-electron chi connectivity index (χ2n) is 1.28. The number of hydrogen-bond donors (Lipinski definition) is 1. The number of hydroxylamine groups is 1. The fourth-order valence-corrected chi connectivity index (χ4v) is 0.464. The Morgan fingerprint density at radius 2 is 2.71 bits per heavy atom. The summed E-state index contributed by atoms with van der Waals surface area (Å²) in [5.74, 6) is 0. The molecule has 7 heavy (non-hydrogen) atoms. The quantitative estimate of drug-likeness (QED) is 0.497. The van der Waals surface area contributed by atoms with Gasteiger partial charge in [-0.25, -0.2) is 0 Å². The van der Waals surface area contributed by atoms with Crippen LogP contribution in [0.2, 0.25) is 0 Å². The highest BCUT2D eigenvalue weighted by Crippen LogP contribution is 1.88. The Kier molecular flexibility index (Phi) is 1.29. The van der Waals surface area contributed by atoms with Crippen molar-refractivity contribution in [1.82, 2.24) is 10.6 Å². The lowest BCUT2D eigenvalue weighted by atomic mass is 10.7. The molecule has 0 spiro atoms. The Morgan fingerprint density at radius 3 is 3.00 bits per heavy atom. The van der Waals surface area contributed by atoms with Crippen LogP contribution >= 0.6 is 0 Å². The molecule has 1 aliphatic rings. The predicted molar refractivity (Wildman–Crippen MR) is 26.0 cm³/mol. The molecule has 0 aromatic heterocycles. The van der Waals surface area contributed by atoms with Crippen LogP contribution in [0.1, 0.15) is 0 Å². The van der Waals surface area contributed by atoms with Crippen LogP contribution < -0.4 is 5.43 Å². The molecule has 1 heterocycles. The molecule has 3 nitrogen and oxygen atoms in total. The lowest BCUT2D eigenvalue weighted by molar-refractivity contribution is -0.144. The highest BCUT2D eigenvalue weighted by molar-refractivity contribution is 4.85. The van der Waals surface area contributed by atoms with Gasteiger partial charge in [-0.3, -0.25) is 4.84 Å². The van der Waals surface area contributed by atoms with E-state index in [9.17, 15) is 0 Å². The van der Waals surface area contributed by atoms with E-state index in [1.54, 1.807) is 12.3 Å². The Bertz CT molecular complexity index is 73.8. The van der Waals surface area contributed by atoms with Gasteiger partial charge in [0.1, 0.15) is 0 Å². The van der Waals surface area contributed by atoms with Crippen LogP contribution in [0.3, 0.4) is 0 Å². The van der Waals surface area contributed by atoms with E-state index < -0.39 is 0 Å². The second kappa shape index (κ2) is 1.95. The van der Waals surface area contributed by atoms with Crippen molar-refractivity contribution in [2.75, 3.05) is 13.7 Å². The van der Waals surface area contributed by atoms with Gasteiger partial charge in [-0.15, -0.1) is 0 Å². The predicted octanol–water partition coefficient (Wildman–Crippen LogP) is -0.118. The van der Waals surface area contributed by atoms with Gasteiger partial charge in [0.05, 0.1) is 13.7 Å². The number of nitrogens with zero attached hydrogens (tertiary/aromatic N) is 1. The maximum Gasteiger partial charge on any atom is 0.0650 e. The third-order valence-corrected chi connectivity index (χ3v) is 0.828. The molecule has 0 unspecified atom stereocenters. The van der Waals surface area contributed by atoms with Crippen molar-refractivity contribution in [1.29, 1.82) is 0 Å². The average molecular weight is 100 g/mol. The summed E-state index contributed by atoms with van der Waals surface area (Å²) in [5, 5.41) is 1.62. The van der Waals surface area contributed by atoms with Crippen LogP contribution in [-0.4, -0.2) is 18.8 Å². The van der Waals surface area contributed by atoms with Gasteiger partial charge >= 0.3 is 0 Å². The third kappa shape index (κ3) is 0.913. The molecule has 0 radical (unpaired) electrons. The summed E-state index contributed by atoms with van der Waals surface area (Å²) in [6, 6.07) is 0. The summed E-state index contributed by atoms with van der Waals surface area (Å²) in [6.45, 7) is 0.830. The van der Waals surface area contributed by atoms with Gasteiger partial charge in [-0.05, 0) is 6.08 Å². The summed E-state index contributed by atoms with van der Waals surface area (Å²) in [7, 11) is 1.62. The zero-order chi connectivity index (χ0) is 5.11. The molecule has 0 saturated heterocycles. The maximum absolute atomic E-state index is 4.77. The normalized spacial score (nSPS) is 20.1. The van der Waals surface area contributed by atoms with Gasteiger partial charge in [0.2, 0.25) is 0 Å². The van der Waals surface area contributed by atoms with Crippen molar-refractivity contribution < 1.29 is 4.84 Å². The number of nitrogens with one attached hydrogen (secondary N) is 1. The molecule has 0 aromatic carbocycles. The van der Waals surface area contributed by atoms with E-state index in [1.807, 2.05) is 12.3 Å². The van der Waals surface area contributed by atoms with E-state index in [1.165, 1.54) is 0 Å². The molecule has 0 atom stereocenters. The molecule has 0 saturated carbocycles. The Balaban J connectivity index is 2.22. The molecule has 3 heteroatoms. The molecule has 0 aromatic rings. The van der Waals surface area contributed by atoms with Crippen LogP contribution in [-0.2, 0) is 4.84 Å². The van der Waals surface area contributed by atoms with Gasteiger partial charge in [-0.1, -0.05) is 5.17 Å². The van der Waals surface area contributed by atoms with E-state index in [0.29, 0.717) is 0 Å². The standard InChI is InChI=1S/C4H8N2O/c1-7-6-4-2-3-5-6/h2-3,5H,4H2,1H3. The van der Waals surface area contributed by atoms with Crippen LogP contribution in [0.25, 0.3) is 0 Å². The molecule has 0 fully saturated rings. The first-order valence-electron chi connectivity index (χ1n) is 2.16. The van der Waals surface area contributed by atoms with E-state index in [4.69, 9.17) is 4.84 Å². The third-order valence-electron chi connectivity index (χ3n) is 0.828. The monoisotopic (exact) mass is 100 g/mol. The minimum atomic E-state index is 0.830. The van der Waals surface area contributed by atoms with Crippen LogP contribution in [0, 0.1) is 0 Å². The highest BCUT2D eigenvalue weighted by atomic mass is 16.7. The van der Waals surface area contributed by atoms with E-state index in [-0.39, 0.29) is 0 Å². The summed E-state index contributed by atoms with van der Waals surface area (Å²) in [5.41, 5.74) is 2.84. The maximum atomic E-state index is 4.77. The Morgan fingerprint density at radius 1 is 1.86 bits per heavy atom. The minimum Gasteiger partial charge on any atom is -0.304 e. The first kappa shape index (κ1) is 4.61. The molecule has 1 N–H and O–H groups in total. The fraction of sp³-hybridized carbons (Fsp3) is 0.500. The van der Waals surface area contributed by atoms with Crippen LogP contribution in [0.5, 0.6) is 0 Å². The van der Waals surface area contributed by atoms with Crippen molar-refractivity contribution in [3.63, 3.8) is 0 Å². The summed E-state index contributed by atoms with van der Waals surface area (Å²) < 4.78 is 0. The van der Waals surface area contributed by atoms with Crippen molar-refractivity contribution in [2.24, 2.45) is 0 Å². The van der Waals surface area contributed by atoms with Crippen LogP contribution in [0.4, 0.5) is 0 Å². The Hall–Kier alpha value is -0.540. The van der Waals surface area contributed by atoms with Crippen molar-refractivity contribution in [2.45, 2.75) is 0 Å². The van der Waals surface area contributed by atoms with Gasteiger partial charge in [0, 0.05) is 6.20 Å². The molecule has 1 rings (SSSR count). The summed E-state index contributed by atoms with van der Waals surface area (Å²) in [4.78, 5) is 4.77. The molecular formula is C4H8N2O. The van der Waals surface area contributed by atoms with Crippen molar-refractivity contribution in [3.8, 4) is 0 Å². The molecule has 40 valence electrons. The van der Waals surface area contributed by atoms with Crippen molar-refractivity contribution in [3.05, 3.63) is 12.3 Å². The molecule has 1 aliphatic heterocycles. The zero-order valence-corrected chi connectivity index (χ0v) is 4.22. The molecule has 0 amide bonds. The zero-order valence-electron chi connectivity index (χ0n) is 4.22.